The minimum atomic E-state index is -0.0971. The van der Waals surface area contributed by atoms with Gasteiger partial charge in [0.1, 0.15) is 11.6 Å². The van der Waals surface area contributed by atoms with Crippen LogP contribution in [0.15, 0.2) is 78.9 Å². The summed E-state index contributed by atoms with van der Waals surface area (Å²) in [4.78, 5) is 17.1. The van der Waals surface area contributed by atoms with Crippen molar-refractivity contribution >= 4 is 23.0 Å². The van der Waals surface area contributed by atoms with Gasteiger partial charge in [0.15, 0.2) is 0 Å². The number of hydrogen-bond donors (Lipinski definition) is 1. The van der Waals surface area contributed by atoms with Gasteiger partial charge in [-0.25, -0.2) is 4.98 Å². The van der Waals surface area contributed by atoms with E-state index in [0.29, 0.717) is 19.6 Å². The second kappa shape index (κ2) is 12.0. The van der Waals surface area contributed by atoms with Crippen LogP contribution in [-0.4, -0.2) is 28.6 Å². The largest absolute Gasteiger partial charge is 0.493 e. The molecule has 0 aliphatic carbocycles. The van der Waals surface area contributed by atoms with Crippen molar-refractivity contribution in [3.05, 3.63) is 101 Å². The van der Waals surface area contributed by atoms with Crippen molar-refractivity contribution < 1.29 is 9.53 Å². The van der Waals surface area contributed by atoms with E-state index in [1.807, 2.05) is 54.6 Å². The summed E-state index contributed by atoms with van der Waals surface area (Å²) in [6.45, 7) is 6.26. The number of carbonyl (C=O) groups excluding carboxylic acids is 1. The first kappa shape index (κ1) is 24.3. The molecule has 5 nitrogen and oxygen atoms in total. The van der Waals surface area contributed by atoms with Crippen LogP contribution in [0, 0.1) is 13.8 Å². The molecule has 1 aromatic heterocycles. The van der Waals surface area contributed by atoms with Crippen molar-refractivity contribution in [2.45, 2.75) is 39.7 Å². The SMILES string of the molecule is Cc1ccc(C)c(OCCCCn2c(CCNC(=O)/C=C/c3ccccc3)nc3ccccc32)c1. The van der Waals surface area contributed by atoms with E-state index in [4.69, 9.17) is 9.72 Å². The van der Waals surface area contributed by atoms with Crippen LogP contribution in [0.5, 0.6) is 5.75 Å². The summed E-state index contributed by atoms with van der Waals surface area (Å²) < 4.78 is 8.30. The lowest BCUT2D eigenvalue weighted by molar-refractivity contribution is -0.116. The predicted molar refractivity (Wildman–Crippen MR) is 143 cm³/mol. The minimum Gasteiger partial charge on any atom is -0.493 e. The number of aromatic nitrogens is 2. The highest BCUT2D eigenvalue weighted by atomic mass is 16.5. The van der Waals surface area contributed by atoms with Gasteiger partial charge >= 0.3 is 0 Å². The summed E-state index contributed by atoms with van der Waals surface area (Å²) in [7, 11) is 0. The van der Waals surface area contributed by atoms with Gasteiger partial charge in [0.2, 0.25) is 5.91 Å². The molecule has 1 heterocycles. The molecule has 35 heavy (non-hydrogen) atoms. The lowest BCUT2D eigenvalue weighted by Gasteiger charge is -2.12. The van der Waals surface area contributed by atoms with Crippen molar-refractivity contribution in [2.75, 3.05) is 13.2 Å². The molecule has 3 aromatic carbocycles. The molecule has 0 radical (unpaired) electrons. The van der Waals surface area contributed by atoms with Gasteiger partial charge in [-0.15, -0.1) is 0 Å². The maximum atomic E-state index is 12.2. The fraction of sp³-hybridized carbons (Fsp3) is 0.267. The molecule has 0 unspecified atom stereocenters. The number of unbranched alkanes of at least 4 members (excludes halogenated alkanes) is 1. The Morgan fingerprint density at radius 1 is 1.00 bits per heavy atom. The molecule has 0 aliphatic rings. The number of benzene rings is 3. The molecule has 0 fully saturated rings. The molecule has 0 spiro atoms. The van der Waals surface area contributed by atoms with Crippen LogP contribution < -0.4 is 10.1 Å². The van der Waals surface area contributed by atoms with Gasteiger partial charge < -0.3 is 14.6 Å². The number of amides is 1. The van der Waals surface area contributed by atoms with Crippen molar-refractivity contribution in [1.82, 2.24) is 14.9 Å². The highest BCUT2D eigenvalue weighted by molar-refractivity contribution is 5.91. The Kier molecular flexibility index (Phi) is 8.34. The Morgan fingerprint density at radius 3 is 2.66 bits per heavy atom. The number of carbonyl (C=O) groups is 1. The number of nitrogens with zero attached hydrogens (tertiary/aromatic N) is 2. The number of imidazole rings is 1. The van der Waals surface area contributed by atoms with Crippen LogP contribution in [0.25, 0.3) is 17.1 Å². The first-order valence-corrected chi connectivity index (χ1v) is 12.3. The van der Waals surface area contributed by atoms with E-state index in [0.717, 1.165) is 47.6 Å². The van der Waals surface area contributed by atoms with Gasteiger partial charge in [0, 0.05) is 25.6 Å². The molecule has 1 N–H and O–H groups in total. The number of ether oxygens (including phenoxy) is 1. The van der Waals surface area contributed by atoms with E-state index in [1.165, 1.54) is 11.1 Å². The van der Waals surface area contributed by atoms with Crippen LogP contribution in [-0.2, 0) is 17.8 Å². The summed E-state index contributed by atoms with van der Waals surface area (Å²) in [5, 5.41) is 2.98. The van der Waals surface area contributed by atoms with Crippen molar-refractivity contribution in [3.63, 3.8) is 0 Å². The Balaban J connectivity index is 1.30. The number of aryl methyl sites for hydroxylation is 3. The molecule has 4 aromatic rings. The van der Waals surface area contributed by atoms with E-state index < -0.39 is 0 Å². The Labute approximate surface area is 207 Å². The number of fused-ring (bicyclic) bond motifs is 1. The predicted octanol–water partition coefficient (Wildman–Crippen LogP) is 5.88. The second-order valence-electron chi connectivity index (χ2n) is 8.78. The summed E-state index contributed by atoms with van der Waals surface area (Å²) in [6, 6.07) is 24.3. The van der Waals surface area contributed by atoms with Crippen molar-refractivity contribution in [1.29, 1.82) is 0 Å². The molecule has 1 amide bonds. The lowest BCUT2D eigenvalue weighted by atomic mass is 10.1. The summed E-state index contributed by atoms with van der Waals surface area (Å²) in [6.07, 6.45) is 6.03. The fourth-order valence-corrected chi connectivity index (χ4v) is 4.08. The monoisotopic (exact) mass is 467 g/mol. The highest BCUT2D eigenvalue weighted by Gasteiger charge is 2.10. The van der Waals surface area contributed by atoms with Crippen molar-refractivity contribution in [3.8, 4) is 5.75 Å². The maximum Gasteiger partial charge on any atom is 0.244 e. The molecular formula is C30H33N3O2. The number of nitrogens with one attached hydrogen (secondary N) is 1. The summed E-state index contributed by atoms with van der Waals surface area (Å²) >= 11 is 0. The maximum absolute atomic E-state index is 12.2. The Morgan fingerprint density at radius 2 is 1.80 bits per heavy atom. The molecule has 5 heteroatoms. The molecule has 0 bridgehead atoms. The molecule has 0 atom stereocenters. The zero-order valence-electron chi connectivity index (χ0n) is 20.5. The first-order chi connectivity index (χ1) is 17.1. The average molecular weight is 468 g/mol. The second-order valence-corrected chi connectivity index (χ2v) is 8.78. The molecule has 180 valence electrons. The van der Waals surface area contributed by atoms with Crippen LogP contribution >= 0.6 is 0 Å². The zero-order chi connectivity index (χ0) is 24.5. The van der Waals surface area contributed by atoms with Gasteiger partial charge in [0.05, 0.1) is 17.6 Å². The van der Waals surface area contributed by atoms with E-state index in [9.17, 15) is 4.79 Å². The van der Waals surface area contributed by atoms with E-state index in [2.05, 4.69) is 48.0 Å². The molecule has 4 rings (SSSR count). The van der Waals surface area contributed by atoms with Crippen molar-refractivity contribution in [2.24, 2.45) is 0 Å². The summed E-state index contributed by atoms with van der Waals surface area (Å²) in [5.74, 6) is 1.87. The summed E-state index contributed by atoms with van der Waals surface area (Å²) in [5.41, 5.74) is 5.51. The van der Waals surface area contributed by atoms with Gasteiger partial charge in [-0.05, 0) is 67.7 Å². The van der Waals surface area contributed by atoms with Gasteiger partial charge in [-0.1, -0.05) is 54.6 Å². The zero-order valence-corrected chi connectivity index (χ0v) is 20.5. The number of para-hydroxylation sites is 2. The third-order valence-electron chi connectivity index (χ3n) is 5.99. The highest BCUT2D eigenvalue weighted by Crippen LogP contribution is 2.20. The lowest BCUT2D eigenvalue weighted by Crippen LogP contribution is -2.24. The van der Waals surface area contributed by atoms with Crippen LogP contribution in [0.4, 0.5) is 0 Å². The van der Waals surface area contributed by atoms with Crippen LogP contribution in [0.2, 0.25) is 0 Å². The average Bonchev–Trinajstić information content (AvgIpc) is 3.22. The van der Waals surface area contributed by atoms with E-state index in [-0.39, 0.29) is 5.91 Å². The molecule has 0 saturated heterocycles. The number of rotatable bonds is 11. The topological polar surface area (TPSA) is 56.1 Å². The Bertz CT molecular complexity index is 1290. The minimum absolute atomic E-state index is 0.0971. The smallest absolute Gasteiger partial charge is 0.244 e. The third kappa shape index (κ3) is 6.82. The molecular weight excluding hydrogens is 434 g/mol. The van der Waals surface area contributed by atoms with Crippen LogP contribution in [0.3, 0.4) is 0 Å². The normalized spacial score (nSPS) is 11.3. The number of hydrogen-bond acceptors (Lipinski definition) is 3. The first-order valence-electron chi connectivity index (χ1n) is 12.3. The van der Waals surface area contributed by atoms with Gasteiger partial charge in [-0.2, -0.15) is 0 Å². The quantitative estimate of drug-likeness (QED) is 0.221. The molecule has 0 saturated carbocycles. The van der Waals surface area contributed by atoms with Gasteiger partial charge in [-0.3, -0.25) is 4.79 Å². The Hall–Kier alpha value is -3.86. The van der Waals surface area contributed by atoms with E-state index >= 15 is 0 Å². The fourth-order valence-electron chi connectivity index (χ4n) is 4.08. The van der Waals surface area contributed by atoms with Gasteiger partial charge in [0.25, 0.3) is 0 Å². The standard InChI is InChI=1S/C30H33N3O2/c1-23-14-15-24(2)28(22-23)35-21-9-8-20-33-27-13-7-6-12-26(27)32-29(33)18-19-31-30(34)17-16-25-10-4-3-5-11-25/h3-7,10-17,22H,8-9,18-21H2,1-2H3,(H,31,34)/b17-16+. The third-order valence-corrected chi connectivity index (χ3v) is 5.99. The molecule has 0 aliphatic heterocycles. The van der Waals surface area contributed by atoms with Crippen LogP contribution in [0.1, 0.15) is 35.4 Å². The van der Waals surface area contributed by atoms with E-state index in [1.54, 1.807) is 6.08 Å².